The number of hydrogen-bond donors (Lipinski definition) is 5. The molecule has 0 saturated carbocycles. The molecular formula is C45H50Cl2F2N6O8. The summed E-state index contributed by atoms with van der Waals surface area (Å²) in [7, 11) is 0. The van der Waals surface area contributed by atoms with Gasteiger partial charge in [0.15, 0.2) is 0 Å². The lowest BCUT2D eigenvalue weighted by molar-refractivity contribution is -0.122. The van der Waals surface area contributed by atoms with Gasteiger partial charge in [0.25, 0.3) is 0 Å². The number of benzene rings is 4. The Labute approximate surface area is 374 Å². The number of likely N-dealkylation sites (tertiary alicyclic amines) is 1. The van der Waals surface area contributed by atoms with E-state index in [9.17, 15) is 32.8 Å². The van der Waals surface area contributed by atoms with E-state index in [0.717, 1.165) is 17.2 Å². The summed E-state index contributed by atoms with van der Waals surface area (Å²) < 4.78 is 43.3. The molecule has 18 heteroatoms. The van der Waals surface area contributed by atoms with Gasteiger partial charge in [-0.1, -0.05) is 83.9 Å². The average Bonchev–Trinajstić information content (AvgIpc) is 3.25. The zero-order valence-electron chi connectivity index (χ0n) is 34.9. The number of anilines is 2. The highest BCUT2D eigenvalue weighted by molar-refractivity contribution is 6.31. The molecule has 336 valence electrons. The number of rotatable bonds is 10. The van der Waals surface area contributed by atoms with Crippen molar-refractivity contribution in [3.8, 4) is 0 Å². The minimum atomic E-state index is -0.731. The molecule has 2 saturated heterocycles. The second-order valence-electron chi connectivity index (χ2n) is 16.0. The molecule has 5 amide bonds. The van der Waals surface area contributed by atoms with Crippen molar-refractivity contribution in [2.24, 2.45) is 11.8 Å². The number of piperidine rings is 2. The van der Waals surface area contributed by atoms with Crippen molar-refractivity contribution in [3.63, 3.8) is 0 Å². The molecular weight excluding hydrogens is 861 g/mol. The van der Waals surface area contributed by atoms with Gasteiger partial charge in [-0.25, -0.2) is 23.2 Å². The maximum Gasteiger partial charge on any atom is 0.410 e. The number of ether oxygens (including phenoxy) is 3. The Balaban J connectivity index is 0.000000243. The van der Waals surface area contributed by atoms with Crippen LogP contribution >= 0.6 is 23.2 Å². The van der Waals surface area contributed by atoms with Gasteiger partial charge in [-0.15, -0.1) is 0 Å². The molecule has 4 aromatic carbocycles. The van der Waals surface area contributed by atoms with Gasteiger partial charge in [0.1, 0.15) is 30.4 Å². The molecule has 4 atom stereocenters. The van der Waals surface area contributed by atoms with E-state index in [-0.39, 0.29) is 66.3 Å². The number of halogens is 4. The third-order valence-corrected chi connectivity index (χ3v) is 10.3. The van der Waals surface area contributed by atoms with Crippen LogP contribution in [0.25, 0.3) is 0 Å². The van der Waals surface area contributed by atoms with E-state index in [4.69, 9.17) is 37.4 Å². The maximum atomic E-state index is 13.8. The molecule has 2 fully saturated rings. The summed E-state index contributed by atoms with van der Waals surface area (Å²) in [6.45, 7) is 6.72. The molecule has 0 aromatic heterocycles. The number of nitrogens with one attached hydrogen (secondary N) is 5. The molecule has 4 aromatic rings. The normalized spacial score (nSPS) is 18.4. The van der Waals surface area contributed by atoms with Gasteiger partial charge < -0.3 is 45.7 Å². The van der Waals surface area contributed by atoms with E-state index in [2.05, 4.69) is 26.6 Å². The maximum absolute atomic E-state index is 13.8. The Kier molecular flexibility index (Phi) is 17.5. The lowest BCUT2D eigenvalue weighted by Gasteiger charge is -2.37. The second kappa shape index (κ2) is 22.9. The molecule has 5 N–H and O–H groups in total. The molecule has 63 heavy (non-hydrogen) atoms. The van der Waals surface area contributed by atoms with Crippen LogP contribution in [0.5, 0.6) is 0 Å². The molecule has 6 rings (SSSR count). The molecule has 0 bridgehead atoms. The van der Waals surface area contributed by atoms with E-state index in [1.807, 2.05) is 60.7 Å². The fourth-order valence-corrected chi connectivity index (χ4v) is 6.86. The number of carbonyl (C=O) groups is 5. The minimum absolute atomic E-state index is 0.00406. The highest BCUT2D eigenvalue weighted by Gasteiger charge is 2.37. The Hall–Kier alpha value is -5.97. The van der Waals surface area contributed by atoms with Gasteiger partial charge in [0, 0.05) is 43.6 Å². The van der Waals surface area contributed by atoms with Crippen molar-refractivity contribution in [2.45, 2.75) is 64.5 Å². The predicted molar refractivity (Wildman–Crippen MR) is 234 cm³/mol. The number of amides is 5. The van der Waals surface area contributed by atoms with Crippen LogP contribution in [-0.4, -0.2) is 78.9 Å². The number of alkyl carbamates (subject to hydrolysis) is 2. The predicted octanol–water partition coefficient (Wildman–Crippen LogP) is 8.29. The molecule has 2 heterocycles. The van der Waals surface area contributed by atoms with E-state index in [0.29, 0.717) is 25.2 Å². The Bertz CT molecular complexity index is 2200. The van der Waals surface area contributed by atoms with Gasteiger partial charge in [0.05, 0.1) is 27.9 Å². The third-order valence-electron chi connectivity index (χ3n) is 9.64. The summed E-state index contributed by atoms with van der Waals surface area (Å²) >= 11 is 11.4. The molecule has 0 radical (unpaired) electrons. The summed E-state index contributed by atoms with van der Waals surface area (Å²) in [4.78, 5) is 63.9. The lowest BCUT2D eigenvalue weighted by atomic mass is 9.93. The Morgan fingerprint density at radius 3 is 1.63 bits per heavy atom. The summed E-state index contributed by atoms with van der Waals surface area (Å²) in [6, 6.07) is 25.8. The Morgan fingerprint density at radius 2 is 1.14 bits per heavy atom. The third kappa shape index (κ3) is 16.0. The van der Waals surface area contributed by atoms with Gasteiger partial charge in [0.2, 0.25) is 11.8 Å². The first-order valence-corrected chi connectivity index (χ1v) is 20.9. The fraction of sp³-hybridized carbons (Fsp3) is 0.356. The van der Waals surface area contributed by atoms with Gasteiger partial charge in [-0.2, -0.15) is 0 Å². The van der Waals surface area contributed by atoms with Crippen molar-refractivity contribution in [1.82, 2.24) is 20.9 Å². The smallest absolute Gasteiger partial charge is 0.410 e. The minimum Gasteiger partial charge on any atom is -0.445 e. The lowest BCUT2D eigenvalue weighted by Crippen LogP contribution is -2.55. The standard InChI is InChI=1S/C25H29ClFN3O5.C20H21ClFN3O3/c1-25(2,3)35-24(33)30-13-17(22(31)28-18-9-10-20(26)21(27)12-18)11-19(14-30)29-23(32)34-15-16-7-5-4-6-8-16;21-17-7-6-15(9-18(17)22)24-19(26)14-8-16(11-23-10-14)25-20(27)28-12-13-4-2-1-3-5-13/h4-10,12,17,19H,11,13-15H2,1-3H3,(H,28,31)(H,29,32);1-7,9,14,16,23H,8,10-12H2,(H,24,26)(H,25,27)/t17-,19+;14-,16+/m00/s1. The van der Waals surface area contributed by atoms with Crippen molar-refractivity contribution in [3.05, 3.63) is 130 Å². The molecule has 14 nitrogen and oxygen atoms in total. The summed E-state index contributed by atoms with van der Waals surface area (Å²) in [5.41, 5.74) is 1.56. The van der Waals surface area contributed by atoms with Crippen LogP contribution < -0.4 is 26.6 Å². The van der Waals surface area contributed by atoms with E-state index >= 15 is 0 Å². The Morgan fingerprint density at radius 1 is 0.667 bits per heavy atom. The van der Waals surface area contributed by atoms with Crippen molar-refractivity contribution < 1.29 is 47.0 Å². The zero-order chi connectivity index (χ0) is 45.5. The molecule has 2 aliphatic heterocycles. The summed E-state index contributed by atoms with van der Waals surface area (Å²) in [5, 5.41) is 13.9. The summed E-state index contributed by atoms with van der Waals surface area (Å²) in [5.74, 6) is -2.99. The topological polar surface area (TPSA) is 176 Å². The van der Waals surface area contributed by atoms with E-state index in [1.165, 1.54) is 35.2 Å². The van der Waals surface area contributed by atoms with Gasteiger partial charge >= 0.3 is 18.3 Å². The first kappa shape index (κ1) is 48.1. The first-order valence-electron chi connectivity index (χ1n) is 20.2. The highest BCUT2D eigenvalue weighted by Crippen LogP contribution is 2.25. The van der Waals surface area contributed by atoms with Crippen LogP contribution in [0.1, 0.15) is 44.7 Å². The van der Waals surface area contributed by atoms with Crippen LogP contribution in [0.3, 0.4) is 0 Å². The number of hydrogen-bond acceptors (Lipinski definition) is 9. The fourth-order valence-electron chi connectivity index (χ4n) is 6.62. The number of carbonyl (C=O) groups excluding carboxylic acids is 5. The second-order valence-corrected chi connectivity index (χ2v) is 16.8. The zero-order valence-corrected chi connectivity index (χ0v) is 36.4. The van der Waals surface area contributed by atoms with Crippen LogP contribution in [0.2, 0.25) is 10.0 Å². The average molecular weight is 912 g/mol. The quantitative estimate of drug-likeness (QED) is 0.0981. The van der Waals surface area contributed by atoms with Crippen molar-refractivity contribution in [1.29, 1.82) is 0 Å². The molecule has 0 aliphatic carbocycles. The molecule has 0 spiro atoms. The SMILES string of the molecule is CC(C)(C)OC(=O)N1C[C@H](NC(=O)OCc2ccccc2)C[C@H](C(=O)Nc2ccc(Cl)c(F)c2)C1.O=C(N[C@H]1CNC[C@@H](C(=O)Nc2ccc(Cl)c(F)c2)C1)OCc1ccccc1. The van der Waals surface area contributed by atoms with Crippen molar-refractivity contribution in [2.75, 3.05) is 36.8 Å². The van der Waals surface area contributed by atoms with E-state index in [1.54, 1.807) is 20.8 Å². The van der Waals surface area contributed by atoms with Crippen LogP contribution in [0, 0.1) is 23.5 Å². The van der Waals surface area contributed by atoms with Gasteiger partial charge in [-0.05, 0) is 81.1 Å². The molecule has 0 unspecified atom stereocenters. The highest BCUT2D eigenvalue weighted by atomic mass is 35.5. The largest absolute Gasteiger partial charge is 0.445 e. The molecule has 2 aliphatic rings. The van der Waals surface area contributed by atoms with Gasteiger partial charge in [-0.3, -0.25) is 9.59 Å². The van der Waals surface area contributed by atoms with Crippen LogP contribution in [0.15, 0.2) is 97.1 Å². The first-order chi connectivity index (χ1) is 30.0. The summed E-state index contributed by atoms with van der Waals surface area (Å²) in [6.07, 6.45) is -1.09. The monoisotopic (exact) mass is 910 g/mol. The van der Waals surface area contributed by atoms with Crippen molar-refractivity contribution >= 4 is 64.7 Å². The van der Waals surface area contributed by atoms with Crippen LogP contribution in [-0.2, 0) is 37.0 Å². The number of nitrogens with zero attached hydrogens (tertiary/aromatic N) is 1. The van der Waals surface area contributed by atoms with Crippen LogP contribution in [0.4, 0.5) is 34.5 Å². The van der Waals surface area contributed by atoms with E-state index < -0.39 is 53.4 Å².